The Kier molecular flexibility index (Phi) is 5.86. The summed E-state index contributed by atoms with van der Waals surface area (Å²) in [5.74, 6) is 1.33. The normalized spacial score (nSPS) is 12.1. The zero-order valence-electron chi connectivity index (χ0n) is 19.2. The third-order valence-electron chi connectivity index (χ3n) is 5.52. The van der Waals surface area contributed by atoms with Gasteiger partial charge in [-0.1, -0.05) is 41.6 Å². The fourth-order valence-corrected chi connectivity index (χ4v) is 3.94. The number of nitrogens with zero attached hydrogens (tertiary/aromatic N) is 3. The second kappa shape index (κ2) is 9.27. The van der Waals surface area contributed by atoms with Crippen LogP contribution in [-0.4, -0.2) is 22.2 Å². The number of esters is 1. The Labute approximate surface area is 202 Å². The third kappa shape index (κ3) is 4.42. The van der Waals surface area contributed by atoms with Crippen molar-refractivity contribution < 1.29 is 18.8 Å². The highest BCUT2D eigenvalue weighted by atomic mass is 16.5. The Morgan fingerprint density at radius 1 is 1.06 bits per heavy atom. The molecule has 0 aliphatic heterocycles. The van der Waals surface area contributed by atoms with Gasteiger partial charge in [0.1, 0.15) is 17.6 Å². The zero-order chi connectivity index (χ0) is 24.4. The van der Waals surface area contributed by atoms with Crippen LogP contribution in [0.5, 0.6) is 5.75 Å². The molecule has 7 heteroatoms. The number of hydrogen-bond acceptors (Lipinski definition) is 7. The van der Waals surface area contributed by atoms with E-state index in [0.717, 1.165) is 16.7 Å². The average molecular weight is 463 g/mol. The maximum atomic E-state index is 12.5. The van der Waals surface area contributed by atoms with Crippen molar-refractivity contribution in [2.45, 2.75) is 26.4 Å². The fourth-order valence-electron chi connectivity index (χ4n) is 3.94. The highest BCUT2D eigenvalue weighted by Gasteiger charge is 2.24. The van der Waals surface area contributed by atoms with Crippen molar-refractivity contribution in [3.8, 4) is 34.7 Å². The molecular formula is C28H21N3O4. The first-order valence-corrected chi connectivity index (χ1v) is 11.2. The van der Waals surface area contributed by atoms with Crippen LogP contribution in [0, 0.1) is 11.3 Å². The third-order valence-corrected chi connectivity index (χ3v) is 5.52. The number of carbonyl (C=O) groups excluding carboxylic acids is 1. The number of fused-ring (bicyclic) bond motifs is 1. The van der Waals surface area contributed by atoms with E-state index in [1.54, 1.807) is 42.5 Å². The molecule has 1 heterocycles. The van der Waals surface area contributed by atoms with Gasteiger partial charge in [0.15, 0.2) is 0 Å². The lowest BCUT2D eigenvalue weighted by molar-refractivity contribution is 0.0692. The molecule has 0 fully saturated rings. The standard InChI is InChI=1S/C28H21N3O4/c1-17(2)33-24-13-11-19(15-20(24)16-29)27-30-26(31-35-27)23-10-6-9-22-21(23)12-14-25(22)34-28(32)18-7-4-3-5-8-18/h3-11,13-15,17H,12H2,1-2H3. The number of rotatable bonds is 6. The van der Waals surface area contributed by atoms with Gasteiger partial charge in [0.05, 0.1) is 17.2 Å². The van der Waals surface area contributed by atoms with E-state index in [2.05, 4.69) is 16.2 Å². The minimum Gasteiger partial charge on any atom is -0.490 e. The van der Waals surface area contributed by atoms with Crippen molar-refractivity contribution in [2.75, 3.05) is 0 Å². The largest absolute Gasteiger partial charge is 0.490 e. The molecule has 1 aliphatic carbocycles. The summed E-state index contributed by atoms with van der Waals surface area (Å²) in [6, 6.07) is 21.9. The molecular weight excluding hydrogens is 442 g/mol. The predicted octanol–water partition coefficient (Wildman–Crippen LogP) is 5.82. The number of benzene rings is 3. The van der Waals surface area contributed by atoms with Crippen LogP contribution in [-0.2, 0) is 11.2 Å². The Morgan fingerprint density at radius 2 is 1.86 bits per heavy atom. The smallest absolute Gasteiger partial charge is 0.343 e. The lowest BCUT2D eigenvalue weighted by Crippen LogP contribution is -2.06. The molecule has 1 aliphatic rings. The number of carbonyl (C=O) groups is 1. The molecule has 0 bridgehead atoms. The topological polar surface area (TPSA) is 98.2 Å². The van der Waals surface area contributed by atoms with Crippen molar-refractivity contribution in [3.63, 3.8) is 0 Å². The predicted molar refractivity (Wildman–Crippen MR) is 129 cm³/mol. The number of ether oxygens (including phenoxy) is 2. The maximum absolute atomic E-state index is 12.5. The monoisotopic (exact) mass is 463 g/mol. The molecule has 0 radical (unpaired) electrons. The van der Waals surface area contributed by atoms with Gasteiger partial charge < -0.3 is 14.0 Å². The van der Waals surface area contributed by atoms with Crippen LogP contribution in [0.25, 0.3) is 28.6 Å². The van der Waals surface area contributed by atoms with Crippen molar-refractivity contribution >= 4 is 11.7 Å². The summed E-state index contributed by atoms with van der Waals surface area (Å²) in [5.41, 5.74) is 4.07. The summed E-state index contributed by atoms with van der Waals surface area (Å²) in [4.78, 5) is 17.1. The second-order valence-electron chi connectivity index (χ2n) is 8.27. The van der Waals surface area contributed by atoms with E-state index >= 15 is 0 Å². The maximum Gasteiger partial charge on any atom is 0.343 e. The SMILES string of the molecule is CC(C)Oc1ccc(-c2nc(-c3cccc4c3CC=C4OC(=O)c3ccccc3)no2)cc1C#N. The molecule has 0 saturated heterocycles. The molecule has 0 spiro atoms. The van der Waals surface area contributed by atoms with Crippen LogP contribution in [0.1, 0.15) is 40.9 Å². The Morgan fingerprint density at radius 3 is 2.63 bits per heavy atom. The van der Waals surface area contributed by atoms with Crippen LogP contribution < -0.4 is 4.74 Å². The van der Waals surface area contributed by atoms with Gasteiger partial charge >= 0.3 is 5.97 Å². The minimum atomic E-state index is -0.407. The zero-order valence-corrected chi connectivity index (χ0v) is 19.2. The second-order valence-corrected chi connectivity index (χ2v) is 8.27. The van der Waals surface area contributed by atoms with E-state index in [4.69, 9.17) is 14.0 Å². The molecule has 0 amide bonds. The molecule has 0 N–H and O–H groups in total. The summed E-state index contributed by atoms with van der Waals surface area (Å²) in [5, 5.41) is 13.7. The summed E-state index contributed by atoms with van der Waals surface area (Å²) >= 11 is 0. The molecule has 0 atom stereocenters. The molecule has 3 aromatic carbocycles. The van der Waals surface area contributed by atoms with E-state index < -0.39 is 5.97 Å². The highest BCUT2D eigenvalue weighted by Crippen LogP contribution is 2.36. The van der Waals surface area contributed by atoms with Gasteiger partial charge in [-0.15, -0.1) is 0 Å². The van der Waals surface area contributed by atoms with E-state index in [1.165, 1.54) is 0 Å². The van der Waals surface area contributed by atoms with Crippen LogP contribution in [0.3, 0.4) is 0 Å². The van der Waals surface area contributed by atoms with Gasteiger partial charge in [0.25, 0.3) is 5.89 Å². The first kappa shape index (κ1) is 22.1. The van der Waals surface area contributed by atoms with Gasteiger partial charge in [0, 0.05) is 16.7 Å². The number of hydrogen-bond donors (Lipinski definition) is 0. The van der Waals surface area contributed by atoms with Crippen molar-refractivity contribution in [3.05, 3.63) is 95.1 Å². The molecule has 0 unspecified atom stereocenters. The van der Waals surface area contributed by atoms with E-state index in [-0.39, 0.29) is 6.10 Å². The fraction of sp³-hybridized carbons (Fsp3) is 0.143. The van der Waals surface area contributed by atoms with Gasteiger partial charge in [-0.25, -0.2) is 4.79 Å². The molecule has 172 valence electrons. The number of aromatic nitrogens is 2. The van der Waals surface area contributed by atoms with Crippen LogP contribution in [0.2, 0.25) is 0 Å². The first-order chi connectivity index (χ1) is 17.0. The van der Waals surface area contributed by atoms with Crippen molar-refractivity contribution in [1.29, 1.82) is 5.26 Å². The van der Waals surface area contributed by atoms with Crippen molar-refractivity contribution in [2.24, 2.45) is 0 Å². The van der Waals surface area contributed by atoms with Gasteiger partial charge in [0.2, 0.25) is 5.82 Å². The number of nitriles is 1. The lowest BCUT2D eigenvalue weighted by atomic mass is 10.0. The first-order valence-electron chi connectivity index (χ1n) is 11.2. The Balaban J connectivity index is 1.41. The molecule has 5 rings (SSSR count). The van der Waals surface area contributed by atoms with Crippen molar-refractivity contribution in [1.82, 2.24) is 10.1 Å². The molecule has 1 aromatic heterocycles. The highest BCUT2D eigenvalue weighted by molar-refractivity contribution is 5.94. The molecule has 35 heavy (non-hydrogen) atoms. The Hall–Kier alpha value is -4.70. The Bertz CT molecular complexity index is 1480. The van der Waals surface area contributed by atoms with Gasteiger partial charge in [-0.05, 0) is 62.2 Å². The van der Waals surface area contributed by atoms with E-state index in [0.29, 0.717) is 46.3 Å². The lowest BCUT2D eigenvalue weighted by Gasteiger charge is -2.11. The van der Waals surface area contributed by atoms with Crippen LogP contribution in [0.15, 0.2) is 77.3 Å². The number of allylic oxidation sites excluding steroid dienone is 1. The minimum absolute atomic E-state index is 0.0476. The van der Waals surface area contributed by atoms with E-state index in [9.17, 15) is 10.1 Å². The summed E-state index contributed by atoms with van der Waals surface area (Å²) in [7, 11) is 0. The molecule has 0 saturated carbocycles. The quantitative estimate of drug-likeness (QED) is 0.332. The van der Waals surface area contributed by atoms with E-state index in [1.807, 2.05) is 44.2 Å². The van der Waals surface area contributed by atoms with Gasteiger partial charge in [-0.2, -0.15) is 10.2 Å². The van der Waals surface area contributed by atoms with Crippen LogP contribution in [0.4, 0.5) is 0 Å². The summed E-state index contributed by atoms with van der Waals surface area (Å²) in [6.07, 6.45) is 2.41. The molecule has 7 nitrogen and oxygen atoms in total. The summed E-state index contributed by atoms with van der Waals surface area (Å²) < 4.78 is 16.9. The molecule has 4 aromatic rings. The van der Waals surface area contributed by atoms with Gasteiger partial charge in [-0.3, -0.25) is 0 Å². The average Bonchev–Trinajstić information content (AvgIpc) is 3.52. The van der Waals surface area contributed by atoms with Crippen LogP contribution >= 0.6 is 0 Å². The summed E-state index contributed by atoms with van der Waals surface area (Å²) in [6.45, 7) is 3.81.